The van der Waals surface area contributed by atoms with Gasteiger partial charge in [-0.1, -0.05) is 5.21 Å². The van der Waals surface area contributed by atoms with Crippen LogP contribution in [0, 0.1) is 6.92 Å². The highest BCUT2D eigenvalue weighted by molar-refractivity contribution is 5.97. The highest BCUT2D eigenvalue weighted by Gasteiger charge is 2.33. The summed E-state index contributed by atoms with van der Waals surface area (Å²) in [7, 11) is 1.72. The van der Waals surface area contributed by atoms with Crippen LogP contribution in [-0.2, 0) is 11.3 Å². The Bertz CT molecular complexity index is 1020. The van der Waals surface area contributed by atoms with Crippen molar-refractivity contribution in [3.05, 3.63) is 41.9 Å². The Hall–Kier alpha value is -3.07. The number of carbonyl (C=O) groups is 1. The van der Waals surface area contributed by atoms with Crippen LogP contribution in [0.4, 0.5) is 5.82 Å². The van der Waals surface area contributed by atoms with Gasteiger partial charge in [0.1, 0.15) is 17.7 Å². The molecule has 0 aliphatic carbocycles. The predicted molar refractivity (Wildman–Crippen MR) is 109 cm³/mol. The van der Waals surface area contributed by atoms with E-state index in [9.17, 15) is 4.79 Å². The normalized spacial score (nSPS) is 19.1. The number of aryl methyl sites for hydroxylation is 2. The molecular weight excluding hydrogens is 370 g/mol. The van der Waals surface area contributed by atoms with Gasteiger partial charge in [0.15, 0.2) is 0 Å². The van der Waals surface area contributed by atoms with Crippen molar-refractivity contribution in [2.24, 2.45) is 0 Å². The van der Waals surface area contributed by atoms with Crippen LogP contribution in [-0.4, -0.2) is 63.2 Å². The molecule has 0 bridgehead atoms. The first-order valence-electron chi connectivity index (χ1n) is 9.78. The van der Waals surface area contributed by atoms with E-state index in [1.165, 1.54) is 0 Å². The van der Waals surface area contributed by atoms with Crippen molar-refractivity contribution in [3.63, 3.8) is 0 Å². The summed E-state index contributed by atoms with van der Waals surface area (Å²) in [5.41, 5.74) is 3.13. The fourth-order valence-corrected chi connectivity index (χ4v) is 3.78. The summed E-state index contributed by atoms with van der Waals surface area (Å²) in [5, 5.41) is 11.3. The number of nitrogens with zero attached hydrogens (tertiary/aromatic N) is 6. The first kappa shape index (κ1) is 19.3. The molecule has 9 nitrogen and oxygen atoms in total. The number of benzene rings is 1. The summed E-state index contributed by atoms with van der Waals surface area (Å²) in [5.74, 6) is 0.728. The molecule has 2 atom stereocenters. The smallest absolute Gasteiger partial charge is 0.251 e. The number of hydrogen-bond donors (Lipinski definition) is 1. The van der Waals surface area contributed by atoms with Crippen molar-refractivity contribution in [1.82, 2.24) is 30.3 Å². The Morgan fingerprint density at radius 3 is 2.93 bits per heavy atom. The summed E-state index contributed by atoms with van der Waals surface area (Å²) >= 11 is 0. The number of methoxy groups -OCH3 is 1. The molecule has 1 aromatic carbocycles. The molecule has 1 aliphatic heterocycles. The molecule has 0 radical (unpaired) electrons. The van der Waals surface area contributed by atoms with Gasteiger partial charge in [-0.05, 0) is 38.5 Å². The highest BCUT2D eigenvalue weighted by Crippen LogP contribution is 2.25. The van der Waals surface area contributed by atoms with Gasteiger partial charge >= 0.3 is 0 Å². The fraction of sp³-hybridized carbons (Fsp3) is 0.450. The van der Waals surface area contributed by atoms with E-state index in [0.717, 1.165) is 42.1 Å². The Labute approximate surface area is 169 Å². The molecular formula is C20H25N7O2. The monoisotopic (exact) mass is 395 g/mol. The van der Waals surface area contributed by atoms with Crippen molar-refractivity contribution in [3.8, 4) is 0 Å². The molecule has 0 saturated carbocycles. The first-order chi connectivity index (χ1) is 14.1. The Kier molecular flexibility index (Phi) is 5.39. The number of ether oxygens (including phenoxy) is 1. The summed E-state index contributed by atoms with van der Waals surface area (Å²) in [6, 6.07) is 7.54. The second kappa shape index (κ2) is 8.12. The lowest BCUT2D eigenvalue weighted by molar-refractivity contribution is 0.0946. The number of nitrogens with one attached hydrogen (secondary N) is 1. The zero-order valence-corrected chi connectivity index (χ0v) is 16.9. The SMILES string of the molecule is CCn1nnc2cc(C(=O)NC[C@H]3C[C@@H](OC)CN3c3cc(C)ncn3)ccc21. The van der Waals surface area contributed by atoms with Crippen LogP contribution in [0.1, 0.15) is 29.4 Å². The van der Waals surface area contributed by atoms with Crippen molar-refractivity contribution in [2.45, 2.75) is 39.0 Å². The molecule has 1 aliphatic rings. The molecule has 0 spiro atoms. The largest absolute Gasteiger partial charge is 0.380 e. The summed E-state index contributed by atoms with van der Waals surface area (Å²) in [6.07, 6.45) is 2.50. The molecule has 1 amide bonds. The molecule has 1 fully saturated rings. The molecule has 152 valence electrons. The zero-order chi connectivity index (χ0) is 20.4. The lowest BCUT2D eigenvalue weighted by Crippen LogP contribution is -2.40. The zero-order valence-electron chi connectivity index (χ0n) is 16.9. The molecule has 29 heavy (non-hydrogen) atoms. The van der Waals surface area contributed by atoms with Gasteiger partial charge in [-0.15, -0.1) is 5.10 Å². The van der Waals surface area contributed by atoms with Crippen LogP contribution < -0.4 is 10.2 Å². The van der Waals surface area contributed by atoms with Crippen LogP contribution in [0.15, 0.2) is 30.6 Å². The van der Waals surface area contributed by atoms with E-state index in [0.29, 0.717) is 12.1 Å². The highest BCUT2D eigenvalue weighted by atomic mass is 16.5. The lowest BCUT2D eigenvalue weighted by atomic mass is 10.1. The van der Waals surface area contributed by atoms with Gasteiger partial charge in [0.25, 0.3) is 5.91 Å². The molecule has 2 aromatic heterocycles. The van der Waals surface area contributed by atoms with Crippen molar-refractivity contribution in [2.75, 3.05) is 25.1 Å². The molecule has 0 unspecified atom stereocenters. The maximum Gasteiger partial charge on any atom is 0.251 e. The summed E-state index contributed by atoms with van der Waals surface area (Å²) in [6.45, 7) is 5.93. The maximum atomic E-state index is 12.7. The molecule has 3 heterocycles. The van der Waals surface area contributed by atoms with Gasteiger partial charge in [0.2, 0.25) is 0 Å². The number of rotatable bonds is 6. The van der Waals surface area contributed by atoms with E-state index in [1.807, 2.05) is 36.7 Å². The molecule has 1 N–H and O–H groups in total. The first-order valence-corrected chi connectivity index (χ1v) is 9.78. The van der Waals surface area contributed by atoms with Crippen molar-refractivity contribution < 1.29 is 9.53 Å². The van der Waals surface area contributed by atoms with Crippen LogP contribution in [0.2, 0.25) is 0 Å². The standard InChI is InChI=1S/C20H25N7O2/c1-4-27-18-6-5-14(8-17(18)24-25-27)20(28)21-10-15-9-16(29-3)11-26(15)19-7-13(2)22-12-23-19/h5-8,12,15-16H,4,9-11H2,1-3H3,(H,21,28)/t15-,16-/m1/s1. The summed E-state index contributed by atoms with van der Waals surface area (Å²) in [4.78, 5) is 23.5. The quantitative estimate of drug-likeness (QED) is 0.676. The van der Waals surface area contributed by atoms with Crippen LogP contribution >= 0.6 is 0 Å². The number of anilines is 1. The van der Waals surface area contributed by atoms with Gasteiger partial charge in [-0.3, -0.25) is 4.79 Å². The molecule has 1 saturated heterocycles. The average Bonchev–Trinajstić information content (AvgIpc) is 3.35. The van der Waals surface area contributed by atoms with Crippen LogP contribution in [0.3, 0.4) is 0 Å². The van der Waals surface area contributed by atoms with Gasteiger partial charge < -0.3 is 15.0 Å². The topological polar surface area (TPSA) is 98.1 Å². The second-order valence-corrected chi connectivity index (χ2v) is 7.24. The molecule has 9 heteroatoms. The van der Waals surface area contributed by atoms with Crippen molar-refractivity contribution in [1.29, 1.82) is 0 Å². The number of amides is 1. The second-order valence-electron chi connectivity index (χ2n) is 7.24. The van der Waals surface area contributed by atoms with Gasteiger partial charge in [0.05, 0.1) is 17.7 Å². The molecule has 4 rings (SSSR count). The van der Waals surface area contributed by atoms with Gasteiger partial charge in [-0.25, -0.2) is 14.6 Å². The fourth-order valence-electron chi connectivity index (χ4n) is 3.78. The number of fused-ring (bicyclic) bond motifs is 1. The Morgan fingerprint density at radius 2 is 2.17 bits per heavy atom. The molecule has 3 aromatic rings. The van der Waals surface area contributed by atoms with E-state index in [2.05, 4.69) is 30.5 Å². The van der Waals surface area contributed by atoms with Gasteiger partial charge in [0, 0.05) is 44.1 Å². The van der Waals surface area contributed by atoms with E-state index < -0.39 is 0 Å². The Balaban J connectivity index is 1.47. The lowest BCUT2D eigenvalue weighted by Gasteiger charge is -2.25. The minimum Gasteiger partial charge on any atom is -0.380 e. The third-order valence-electron chi connectivity index (χ3n) is 5.37. The minimum absolute atomic E-state index is 0.0999. The number of aromatic nitrogens is 5. The third-order valence-corrected chi connectivity index (χ3v) is 5.37. The van der Waals surface area contributed by atoms with E-state index in [4.69, 9.17) is 4.74 Å². The number of hydrogen-bond acceptors (Lipinski definition) is 7. The third kappa shape index (κ3) is 3.91. The van der Waals surface area contributed by atoms with E-state index in [-0.39, 0.29) is 18.1 Å². The van der Waals surface area contributed by atoms with Crippen molar-refractivity contribution >= 4 is 22.8 Å². The van der Waals surface area contributed by atoms with E-state index >= 15 is 0 Å². The number of carbonyl (C=O) groups excluding carboxylic acids is 1. The summed E-state index contributed by atoms with van der Waals surface area (Å²) < 4.78 is 7.37. The van der Waals surface area contributed by atoms with Crippen LogP contribution in [0.25, 0.3) is 11.0 Å². The average molecular weight is 395 g/mol. The maximum absolute atomic E-state index is 12.7. The minimum atomic E-state index is -0.127. The van der Waals surface area contributed by atoms with E-state index in [1.54, 1.807) is 19.5 Å². The van der Waals surface area contributed by atoms with Crippen LogP contribution in [0.5, 0.6) is 0 Å². The Morgan fingerprint density at radius 1 is 1.31 bits per heavy atom. The predicted octanol–water partition coefficient (Wildman–Crippen LogP) is 1.57. The van der Waals surface area contributed by atoms with Gasteiger partial charge in [-0.2, -0.15) is 0 Å².